The maximum atomic E-state index is 13.4. The van der Waals surface area contributed by atoms with Gasteiger partial charge in [0.15, 0.2) is 12.4 Å². The van der Waals surface area contributed by atoms with Gasteiger partial charge in [-0.05, 0) is 74.6 Å². The third-order valence-electron chi connectivity index (χ3n) is 8.52. The molecule has 3 aromatic carbocycles. The van der Waals surface area contributed by atoms with E-state index in [1.54, 1.807) is 54.6 Å². The third kappa shape index (κ3) is 5.41. The first-order valence-corrected chi connectivity index (χ1v) is 14.5. The van der Waals surface area contributed by atoms with Gasteiger partial charge in [-0.2, -0.15) is 0 Å². The van der Waals surface area contributed by atoms with Gasteiger partial charge in [-0.25, -0.2) is 9.78 Å². The molecule has 43 heavy (non-hydrogen) atoms. The minimum absolute atomic E-state index is 0.123. The molecule has 8 heteroatoms. The highest BCUT2D eigenvalue weighted by Gasteiger charge is 2.49. The monoisotopic (exact) mass is 576 g/mol. The highest BCUT2D eigenvalue weighted by Crippen LogP contribution is 2.42. The van der Waals surface area contributed by atoms with Crippen LogP contribution in [0, 0.1) is 24.7 Å². The lowest BCUT2D eigenvalue weighted by atomic mass is 9.76. The summed E-state index contributed by atoms with van der Waals surface area (Å²) in [5, 5.41) is 0.615. The van der Waals surface area contributed by atoms with Crippen molar-refractivity contribution in [1.29, 1.82) is 0 Å². The molecule has 2 amide bonds. The molecule has 2 aliphatic rings. The van der Waals surface area contributed by atoms with Crippen LogP contribution in [0.3, 0.4) is 0 Å². The minimum Gasteiger partial charge on any atom is -0.497 e. The Hall–Kier alpha value is -4.85. The molecule has 218 valence electrons. The van der Waals surface area contributed by atoms with E-state index in [2.05, 4.69) is 6.92 Å². The number of methoxy groups -OCH3 is 1. The number of pyridine rings is 1. The van der Waals surface area contributed by atoms with Gasteiger partial charge in [-0.1, -0.05) is 42.8 Å². The lowest BCUT2D eigenvalue weighted by Crippen LogP contribution is -2.30. The number of carbonyl (C=O) groups excluding carboxylic acids is 4. The van der Waals surface area contributed by atoms with Crippen molar-refractivity contribution >= 4 is 40.2 Å². The molecule has 1 aliphatic carbocycles. The number of rotatable bonds is 7. The zero-order valence-electron chi connectivity index (χ0n) is 24.3. The van der Waals surface area contributed by atoms with Crippen LogP contribution in [0.25, 0.3) is 22.2 Å². The van der Waals surface area contributed by atoms with Crippen LogP contribution < -0.4 is 9.64 Å². The molecule has 0 N–H and O–H groups in total. The van der Waals surface area contributed by atoms with E-state index in [1.165, 1.54) is 12.0 Å². The Kier molecular flexibility index (Phi) is 7.52. The Morgan fingerprint density at radius 1 is 0.930 bits per heavy atom. The van der Waals surface area contributed by atoms with Crippen LogP contribution in [0.4, 0.5) is 5.69 Å². The van der Waals surface area contributed by atoms with Crippen molar-refractivity contribution < 1.29 is 28.7 Å². The molecule has 2 fully saturated rings. The second-order valence-electron chi connectivity index (χ2n) is 11.5. The zero-order valence-corrected chi connectivity index (χ0v) is 24.3. The molecular formula is C35H32N2O6. The molecule has 0 spiro atoms. The predicted molar refractivity (Wildman–Crippen MR) is 162 cm³/mol. The van der Waals surface area contributed by atoms with E-state index >= 15 is 0 Å². The highest BCUT2D eigenvalue weighted by molar-refractivity contribution is 6.22. The summed E-state index contributed by atoms with van der Waals surface area (Å²) in [4.78, 5) is 58.5. The first-order chi connectivity index (χ1) is 20.7. The molecule has 1 aromatic heterocycles. The van der Waals surface area contributed by atoms with Crippen molar-refractivity contribution in [1.82, 2.24) is 4.98 Å². The van der Waals surface area contributed by atoms with Gasteiger partial charge in [0.2, 0.25) is 11.8 Å². The number of amides is 2. The van der Waals surface area contributed by atoms with Crippen LogP contribution in [0.1, 0.15) is 52.5 Å². The average Bonchev–Trinajstić information content (AvgIpc) is 3.27. The van der Waals surface area contributed by atoms with Crippen molar-refractivity contribution in [3.05, 3.63) is 89.5 Å². The summed E-state index contributed by atoms with van der Waals surface area (Å²) in [7, 11) is 1.52. The Morgan fingerprint density at radius 3 is 2.47 bits per heavy atom. The number of anilines is 1. The van der Waals surface area contributed by atoms with Crippen molar-refractivity contribution in [3.8, 4) is 17.0 Å². The second kappa shape index (κ2) is 11.4. The van der Waals surface area contributed by atoms with Crippen molar-refractivity contribution in [2.24, 2.45) is 17.8 Å². The molecular weight excluding hydrogens is 544 g/mol. The van der Waals surface area contributed by atoms with Gasteiger partial charge in [-0.3, -0.25) is 19.3 Å². The molecule has 2 heterocycles. The number of fused-ring (bicyclic) bond motifs is 2. The van der Waals surface area contributed by atoms with Crippen LogP contribution in [0.15, 0.2) is 72.8 Å². The Morgan fingerprint density at radius 2 is 1.70 bits per heavy atom. The minimum atomic E-state index is -0.641. The molecule has 0 radical (unpaired) electrons. The molecule has 8 nitrogen and oxygen atoms in total. The second-order valence-corrected chi connectivity index (χ2v) is 11.5. The van der Waals surface area contributed by atoms with Crippen LogP contribution in [0.2, 0.25) is 0 Å². The molecule has 0 bridgehead atoms. The number of aromatic nitrogens is 1. The van der Waals surface area contributed by atoms with Gasteiger partial charge in [-0.15, -0.1) is 0 Å². The molecule has 1 saturated carbocycles. The number of hydrogen-bond donors (Lipinski definition) is 0. The fourth-order valence-corrected chi connectivity index (χ4v) is 6.17. The Balaban J connectivity index is 1.27. The number of aryl methyl sites for hydroxylation is 1. The van der Waals surface area contributed by atoms with E-state index in [0.29, 0.717) is 45.1 Å². The number of ketones is 1. The fourth-order valence-electron chi connectivity index (χ4n) is 6.17. The van der Waals surface area contributed by atoms with Crippen molar-refractivity contribution in [2.45, 2.75) is 33.1 Å². The van der Waals surface area contributed by atoms with E-state index in [4.69, 9.17) is 14.5 Å². The maximum absolute atomic E-state index is 13.4. The van der Waals surface area contributed by atoms with E-state index in [1.807, 2.05) is 25.1 Å². The SMILES string of the molecule is COc1cccc(C(=O)COC(=O)c2cc(-c3ccc(N4C(=O)C5CCC(C)CC5C4=O)cc3)nc3ccc(C)cc23)c1. The van der Waals surface area contributed by atoms with Gasteiger partial charge >= 0.3 is 5.97 Å². The van der Waals surface area contributed by atoms with Crippen molar-refractivity contribution in [3.63, 3.8) is 0 Å². The number of esters is 1. The maximum Gasteiger partial charge on any atom is 0.339 e. The largest absolute Gasteiger partial charge is 0.497 e. The van der Waals surface area contributed by atoms with Crippen LogP contribution in [0.5, 0.6) is 5.75 Å². The summed E-state index contributed by atoms with van der Waals surface area (Å²) in [6.45, 7) is 3.63. The number of hydrogen-bond acceptors (Lipinski definition) is 7. The number of ether oxygens (including phenoxy) is 2. The smallest absolute Gasteiger partial charge is 0.339 e. The molecule has 4 aromatic rings. The number of carbonyl (C=O) groups is 4. The number of Topliss-reactive ketones (excluding diaryl/α,β-unsaturated/α-hetero) is 1. The molecule has 3 unspecified atom stereocenters. The predicted octanol–water partition coefficient (Wildman–Crippen LogP) is 6.18. The van der Waals surface area contributed by atoms with E-state index in [0.717, 1.165) is 24.8 Å². The topological polar surface area (TPSA) is 103 Å². The summed E-state index contributed by atoms with van der Waals surface area (Å²) in [6, 6.07) is 21.0. The normalized spacial score (nSPS) is 19.8. The number of nitrogens with zero attached hydrogens (tertiary/aromatic N) is 2. The van der Waals surface area contributed by atoms with Crippen LogP contribution >= 0.6 is 0 Å². The lowest BCUT2D eigenvalue weighted by molar-refractivity contribution is -0.122. The van der Waals surface area contributed by atoms with Gasteiger partial charge < -0.3 is 9.47 Å². The van der Waals surface area contributed by atoms with Gasteiger partial charge in [0, 0.05) is 16.5 Å². The summed E-state index contributed by atoms with van der Waals surface area (Å²) in [5.74, 6) is -0.748. The zero-order chi connectivity index (χ0) is 30.2. The summed E-state index contributed by atoms with van der Waals surface area (Å²) in [5.41, 5.74) is 3.98. The Labute approximate surface area is 249 Å². The fraction of sp³-hybridized carbons (Fsp3) is 0.286. The Bertz CT molecular complexity index is 1760. The molecule has 1 saturated heterocycles. The van der Waals surface area contributed by atoms with Crippen LogP contribution in [-0.4, -0.2) is 42.3 Å². The van der Waals surface area contributed by atoms with Gasteiger partial charge in [0.1, 0.15) is 5.75 Å². The van der Waals surface area contributed by atoms with Crippen molar-refractivity contribution in [2.75, 3.05) is 18.6 Å². The quantitative estimate of drug-likeness (QED) is 0.147. The number of imide groups is 1. The van der Waals surface area contributed by atoms with E-state index < -0.39 is 12.6 Å². The lowest BCUT2D eigenvalue weighted by Gasteiger charge is -2.25. The average molecular weight is 577 g/mol. The summed E-state index contributed by atoms with van der Waals surface area (Å²) >= 11 is 0. The number of benzene rings is 3. The summed E-state index contributed by atoms with van der Waals surface area (Å²) in [6.07, 6.45) is 2.45. The van der Waals surface area contributed by atoms with Gasteiger partial charge in [0.05, 0.1) is 41.4 Å². The molecule has 1 aliphatic heterocycles. The van der Waals surface area contributed by atoms with Crippen LogP contribution in [-0.2, 0) is 14.3 Å². The standard InChI is InChI=1S/C35H32N2O6/c1-20-7-13-26-28(16-20)34(40)37(33(26)39)24-11-9-22(10-12-24)31-18-29(27-15-21(2)8-14-30(27)36-31)35(41)43-19-32(38)23-5-4-6-25(17-23)42-3/h4-6,8-12,14-15,17-18,20,26,28H,7,13,16,19H2,1-3H3. The first-order valence-electron chi connectivity index (χ1n) is 14.5. The molecule has 6 rings (SSSR count). The van der Waals surface area contributed by atoms with E-state index in [-0.39, 0.29) is 35.0 Å². The van der Waals surface area contributed by atoms with E-state index in [9.17, 15) is 19.2 Å². The third-order valence-corrected chi connectivity index (χ3v) is 8.52. The first kappa shape index (κ1) is 28.3. The molecule has 3 atom stereocenters. The summed E-state index contributed by atoms with van der Waals surface area (Å²) < 4.78 is 10.7. The van der Waals surface area contributed by atoms with Gasteiger partial charge in [0.25, 0.3) is 0 Å². The highest BCUT2D eigenvalue weighted by atomic mass is 16.5.